The summed E-state index contributed by atoms with van der Waals surface area (Å²) in [5.41, 5.74) is 8.67. The lowest BCUT2D eigenvalue weighted by Gasteiger charge is -2.15. The van der Waals surface area contributed by atoms with Crippen LogP contribution in [0.5, 0.6) is 17.2 Å². The van der Waals surface area contributed by atoms with E-state index in [0.29, 0.717) is 24.3 Å². The van der Waals surface area contributed by atoms with Crippen molar-refractivity contribution in [3.05, 3.63) is 52.6 Å². The number of rotatable bonds is 7. The van der Waals surface area contributed by atoms with Crippen LogP contribution in [0, 0.1) is 13.8 Å². The average molecular weight is 434 g/mol. The lowest BCUT2D eigenvalue weighted by Crippen LogP contribution is -2.12. The Morgan fingerprint density at radius 1 is 0.968 bits per heavy atom. The second-order valence-electron chi connectivity index (χ2n) is 6.00. The Hall–Kier alpha value is -2.86. The number of benzene rings is 2. The Bertz CT molecular complexity index is 764. The number of primary amides is 1. The molecule has 0 aliphatic rings. The molecule has 1 amide bonds. The van der Waals surface area contributed by atoms with Crippen molar-refractivity contribution in [3.8, 4) is 17.2 Å². The fraction of sp³-hybridized carbons (Fsp3) is 0.440. The van der Waals surface area contributed by atoms with Crippen molar-refractivity contribution in [1.29, 1.82) is 0 Å². The summed E-state index contributed by atoms with van der Waals surface area (Å²) in [5.74, 6) is 1.07. The number of nitrogens with two attached hydrogens (primary N) is 1. The second kappa shape index (κ2) is 18.0. The van der Waals surface area contributed by atoms with Crippen molar-refractivity contribution in [2.24, 2.45) is 5.73 Å². The number of hydrogen-bond donors (Lipinski definition) is 1. The topological polar surface area (TPSA) is 87.8 Å². The van der Waals surface area contributed by atoms with Crippen molar-refractivity contribution >= 4 is 12.2 Å². The molecule has 0 spiro atoms. The van der Waals surface area contributed by atoms with Gasteiger partial charge in [-0.25, -0.2) is 0 Å². The summed E-state index contributed by atoms with van der Waals surface area (Å²) < 4.78 is 15.3. The molecule has 174 valence electrons. The molecule has 0 atom stereocenters. The van der Waals surface area contributed by atoms with Crippen LogP contribution in [-0.2, 0) is 16.0 Å². The highest BCUT2D eigenvalue weighted by Gasteiger charge is 2.13. The largest absolute Gasteiger partial charge is 0.496 e. The van der Waals surface area contributed by atoms with Gasteiger partial charge in [0.05, 0.1) is 12.7 Å². The zero-order chi connectivity index (χ0) is 24.4. The van der Waals surface area contributed by atoms with E-state index in [1.165, 1.54) is 7.11 Å². The van der Waals surface area contributed by atoms with Crippen LogP contribution in [0.1, 0.15) is 61.2 Å². The Balaban J connectivity index is 0. The summed E-state index contributed by atoms with van der Waals surface area (Å²) in [7, 11) is 4.73. The van der Waals surface area contributed by atoms with Crippen LogP contribution in [0.3, 0.4) is 0 Å². The first kappa shape index (κ1) is 30.3. The molecule has 0 unspecified atom stereocenters. The number of carbonyl (C=O) groups excluding carboxylic acids is 2. The smallest absolute Gasteiger partial charge is 0.252 e. The highest BCUT2D eigenvalue weighted by molar-refractivity contribution is 5.96. The average Bonchev–Trinajstić information content (AvgIpc) is 2.78. The maximum atomic E-state index is 11.5. The Morgan fingerprint density at radius 2 is 1.48 bits per heavy atom. The normalized spacial score (nSPS) is 8.94. The fourth-order valence-corrected chi connectivity index (χ4v) is 2.63. The molecular weight excluding hydrogens is 394 g/mol. The molecule has 0 aromatic heterocycles. The maximum absolute atomic E-state index is 11.5. The molecule has 0 fully saturated rings. The van der Waals surface area contributed by atoms with Gasteiger partial charge in [-0.2, -0.15) is 0 Å². The van der Waals surface area contributed by atoms with Crippen LogP contribution in [-0.4, -0.2) is 33.5 Å². The highest BCUT2D eigenvalue weighted by atomic mass is 16.5. The Morgan fingerprint density at radius 3 is 1.90 bits per heavy atom. The number of ether oxygens (including phenoxy) is 3. The van der Waals surface area contributed by atoms with Gasteiger partial charge in [-0.05, 0) is 55.2 Å². The number of aldehydes is 1. The molecule has 0 bridgehead atoms. The number of carbonyl (C=O) groups is 2. The molecule has 2 aromatic carbocycles. The molecule has 2 rings (SSSR count). The maximum Gasteiger partial charge on any atom is 0.252 e. The van der Waals surface area contributed by atoms with E-state index in [4.69, 9.17) is 15.2 Å². The third-order valence-electron chi connectivity index (χ3n) is 3.73. The summed E-state index contributed by atoms with van der Waals surface area (Å²) in [4.78, 5) is 22.0. The molecule has 0 saturated carbocycles. The molecule has 6 heteroatoms. The Kier molecular flexibility index (Phi) is 17.6. The van der Waals surface area contributed by atoms with Crippen molar-refractivity contribution in [1.82, 2.24) is 0 Å². The molecule has 0 saturated heterocycles. The molecule has 0 radical (unpaired) electrons. The van der Waals surface area contributed by atoms with Crippen LogP contribution in [0.4, 0.5) is 0 Å². The number of methoxy groups -OCH3 is 2. The predicted octanol–water partition coefficient (Wildman–Crippen LogP) is 5.65. The molecule has 2 aromatic rings. The van der Waals surface area contributed by atoms with E-state index in [1.54, 1.807) is 32.4 Å². The monoisotopic (exact) mass is 433 g/mol. The van der Waals surface area contributed by atoms with Crippen LogP contribution in [0.2, 0.25) is 0 Å². The third kappa shape index (κ3) is 10.6. The number of amides is 1. The van der Waals surface area contributed by atoms with Gasteiger partial charge in [0.2, 0.25) is 0 Å². The van der Waals surface area contributed by atoms with Gasteiger partial charge in [-0.15, -0.1) is 0 Å². The van der Waals surface area contributed by atoms with E-state index >= 15 is 0 Å². The van der Waals surface area contributed by atoms with Gasteiger partial charge in [0.1, 0.15) is 23.5 Å². The molecule has 0 heterocycles. The van der Waals surface area contributed by atoms with E-state index in [0.717, 1.165) is 28.7 Å². The fourth-order valence-electron chi connectivity index (χ4n) is 2.63. The van der Waals surface area contributed by atoms with E-state index in [9.17, 15) is 9.59 Å². The summed E-state index contributed by atoms with van der Waals surface area (Å²) >= 11 is 0. The zero-order valence-corrected chi connectivity index (χ0v) is 20.5. The lowest BCUT2D eigenvalue weighted by molar-refractivity contribution is -0.107. The zero-order valence-electron chi connectivity index (χ0n) is 20.5. The second-order valence-corrected chi connectivity index (χ2v) is 6.00. The minimum absolute atomic E-state index is 0.271. The minimum atomic E-state index is -0.574. The summed E-state index contributed by atoms with van der Waals surface area (Å²) in [6, 6.07) is 8.96. The summed E-state index contributed by atoms with van der Waals surface area (Å²) in [6.07, 6.45) is 2.12. The minimum Gasteiger partial charge on any atom is -0.496 e. The number of hydrogen-bond acceptors (Lipinski definition) is 5. The van der Waals surface area contributed by atoms with Gasteiger partial charge >= 0.3 is 0 Å². The van der Waals surface area contributed by atoms with Crippen molar-refractivity contribution in [2.45, 2.75) is 54.4 Å². The third-order valence-corrected chi connectivity index (χ3v) is 3.73. The molecule has 6 nitrogen and oxygen atoms in total. The first-order chi connectivity index (χ1) is 14.9. The van der Waals surface area contributed by atoms with Gasteiger partial charge in [0, 0.05) is 20.6 Å². The van der Waals surface area contributed by atoms with E-state index < -0.39 is 5.91 Å². The number of aryl methyl sites for hydroxylation is 3. The molecular formula is C25H39NO5. The SMILES string of the molecule is CC.CC.COC.COc1ccc(Oc2c(C)cc(CCC=O)cc2C)cc1C(N)=O. The van der Waals surface area contributed by atoms with Crippen LogP contribution >= 0.6 is 0 Å². The van der Waals surface area contributed by atoms with Crippen molar-refractivity contribution in [3.63, 3.8) is 0 Å². The lowest BCUT2D eigenvalue weighted by atomic mass is 10.0. The van der Waals surface area contributed by atoms with Gasteiger partial charge in [0.15, 0.2) is 0 Å². The first-order valence-corrected chi connectivity index (χ1v) is 10.5. The predicted molar refractivity (Wildman–Crippen MR) is 128 cm³/mol. The standard InChI is InChI=1S/C19H21NO4.C2H6O.2C2H6/c1-12-9-14(5-4-8-21)10-13(2)18(12)24-15-6-7-17(23-3)16(11-15)19(20)22;1-3-2;2*1-2/h6-11H,4-5H2,1-3H3,(H2,20,22);1-2H3;2*1-2H3. The van der Waals surface area contributed by atoms with E-state index in [1.807, 2.05) is 53.7 Å². The van der Waals surface area contributed by atoms with Gasteiger partial charge in [-0.1, -0.05) is 39.8 Å². The molecule has 0 aliphatic heterocycles. The van der Waals surface area contributed by atoms with Crippen LogP contribution in [0.25, 0.3) is 0 Å². The Labute approximate surface area is 187 Å². The molecule has 0 aliphatic carbocycles. The first-order valence-electron chi connectivity index (χ1n) is 10.5. The van der Waals surface area contributed by atoms with Gasteiger partial charge in [0.25, 0.3) is 5.91 Å². The van der Waals surface area contributed by atoms with Crippen LogP contribution < -0.4 is 15.2 Å². The summed E-state index contributed by atoms with van der Waals surface area (Å²) in [5, 5.41) is 0. The summed E-state index contributed by atoms with van der Waals surface area (Å²) in [6.45, 7) is 11.9. The van der Waals surface area contributed by atoms with Crippen molar-refractivity contribution < 1.29 is 23.8 Å². The van der Waals surface area contributed by atoms with Gasteiger partial charge in [-0.3, -0.25) is 4.79 Å². The van der Waals surface area contributed by atoms with Crippen molar-refractivity contribution in [2.75, 3.05) is 21.3 Å². The highest BCUT2D eigenvalue weighted by Crippen LogP contribution is 2.32. The molecule has 31 heavy (non-hydrogen) atoms. The van der Waals surface area contributed by atoms with E-state index in [2.05, 4.69) is 4.74 Å². The van der Waals surface area contributed by atoms with E-state index in [-0.39, 0.29) is 5.56 Å². The molecule has 2 N–H and O–H groups in total. The van der Waals surface area contributed by atoms with Crippen LogP contribution in [0.15, 0.2) is 30.3 Å². The van der Waals surface area contributed by atoms with Gasteiger partial charge < -0.3 is 24.7 Å². The quantitative estimate of drug-likeness (QED) is 0.570.